The zero-order valence-electron chi connectivity index (χ0n) is 16.0. The highest BCUT2D eigenvalue weighted by atomic mass is 16.6. The van der Waals surface area contributed by atoms with Crippen molar-refractivity contribution in [3.05, 3.63) is 0 Å². The van der Waals surface area contributed by atoms with Crippen LogP contribution >= 0.6 is 0 Å². The van der Waals surface area contributed by atoms with Gasteiger partial charge >= 0.3 is 12.1 Å². The van der Waals surface area contributed by atoms with Gasteiger partial charge in [-0.05, 0) is 67.2 Å². The molecule has 0 saturated carbocycles. The first-order chi connectivity index (χ1) is 11.4. The van der Waals surface area contributed by atoms with Crippen molar-refractivity contribution in [2.45, 2.75) is 96.6 Å². The minimum atomic E-state index is -0.658. The highest BCUT2D eigenvalue weighted by Crippen LogP contribution is 2.33. The molecule has 2 heterocycles. The number of hydrogen-bond donors (Lipinski definition) is 1. The maximum absolute atomic E-state index is 12.8. The van der Waals surface area contributed by atoms with Gasteiger partial charge in [0.2, 0.25) is 5.91 Å². The quantitative estimate of drug-likeness (QED) is 0.770. The third kappa shape index (κ3) is 5.09. The summed E-state index contributed by atoms with van der Waals surface area (Å²) in [6.45, 7) is 10.7. The second kappa shape index (κ2) is 6.84. The standard InChI is InChI=1S/C18H30N2O5/c1-17(2,3)24-15(22)13-10-8-11-7-9-12(14(21)20(11)13)19-16(23)25-18(4,5)6/h11-13H,7-10H2,1-6H3,(H,19,23)/t11-,12-,13+/m1/s1. The zero-order valence-corrected chi connectivity index (χ0v) is 16.0. The molecule has 0 spiro atoms. The van der Waals surface area contributed by atoms with Crippen molar-refractivity contribution in [3.63, 3.8) is 0 Å². The third-order valence-corrected chi connectivity index (χ3v) is 4.21. The van der Waals surface area contributed by atoms with Gasteiger partial charge in [0.1, 0.15) is 23.3 Å². The van der Waals surface area contributed by atoms with Crippen LogP contribution in [-0.4, -0.2) is 52.2 Å². The van der Waals surface area contributed by atoms with Crippen molar-refractivity contribution in [2.75, 3.05) is 0 Å². The van der Waals surface area contributed by atoms with Crippen LogP contribution in [-0.2, 0) is 19.1 Å². The van der Waals surface area contributed by atoms with Crippen molar-refractivity contribution >= 4 is 18.0 Å². The first-order valence-electron chi connectivity index (χ1n) is 8.92. The predicted octanol–water partition coefficient (Wildman–Crippen LogP) is 2.37. The fourth-order valence-electron chi connectivity index (χ4n) is 3.35. The van der Waals surface area contributed by atoms with E-state index in [2.05, 4.69) is 5.32 Å². The van der Waals surface area contributed by atoms with Crippen molar-refractivity contribution in [1.29, 1.82) is 0 Å². The van der Waals surface area contributed by atoms with Crippen molar-refractivity contribution < 1.29 is 23.9 Å². The summed E-state index contributed by atoms with van der Waals surface area (Å²) in [5.74, 6) is -0.600. The number of carbonyl (C=O) groups excluding carboxylic acids is 3. The molecule has 3 atom stereocenters. The smallest absolute Gasteiger partial charge is 0.408 e. The Hall–Kier alpha value is -1.79. The summed E-state index contributed by atoms with van der Waals surface area (Å²) >= 11 is 0. The maximum Gasteiger partial charge on any atom is 0.408 e. The zero-order chi connectivity index (χ0) is 19.0. The van der Waals surface area contributed by atoms with Crippen LogP contribution < -0.4 is 5.32 Å². The van der Waals surface area contributed by atoms with E-state index in [1.54, 1.807) is 25.7 Å². The molecule has 2 aliphatic rings. The summed E-state index contributed by atoms with van der Waals surface area (Å²) in [5.41, 5.74) is -1.22. The SMILES string of the molecule is CC(C)(C)OC(=O)N[C@@H]1CC[C@@H]2CC[C@@H](C(=O)OC(C)(C)C)N2C1=O. The fraction of sp³-hybridized carbons (Fsp3) is 0.833. The van der Waals surface area contributed by atoms with E-state index in [-0.39, 0.29) is 17.9 Å². The number of nitrogens with zero attached hydrogens (tertiary/aromatic N) is 1. The van der Waals surface area contributed by atoms with E-state index < -0.39 is 29.4 Å². The van der Waals surface area contributed by atoms with Gasteiger partial charge in [0, 0.05) is 6.04 Å². The van der Waals surface area contributed by atoms with E-state index in [0.717, 1.165) is 12.8 Å². The van der Waals surface area contributed by atoms with E-state index in [1.165, 1.54) is 0 Å². The summed E-state index contributed by atoms with van der Waals surface area (Å²) in [6, 6.07) is -1.18. The molecule has 25 heavy (non-hydrogen) atoms. The highest BCUT2D eigenvalue weighted by Gasteiger charge is 2.47. The Labute approximate surface area is 149 Å². The molecular formula is C18H30N2O5. The first-order valence-corrected chi connectivity index (χ1v) is 8.92. The molecule has 0 aromatic rings. The number of piperidine rings is 1. The number of amides is 2. The number of hydrogen-bond acceptors (Lipinski definition) is 5. The lowest BCUT2D eigenvalue weighted by atomic mass is 9.98. The molecule has 7 nitrogen and oxygen atoms in total. The van der Waals surface area contributed by atoms with Gasteiger partial charge in [0.05, 0.1) is 0 Å². The minimum Gasteiger partial charge on any atom is -0.458 e. The normalized spacial score (nSPS) is 26.9. The Bertz CT molecular complexity index is 547. The second-order valence-electron chi connectivity index (χ2n) is 8.80. The highest BCUT2D eigenvalue weighted by molar-refractivity contribution is 5.91. The summed E-state index contributed by atoms with van der Waals surface area (Å²) in [7, 11) is 0. The van der Waals surface area contributed by atoms with Gasteiger partial charge in [-0.2, -0.15) is 0 Å². The number of nitrogens with one attached hydrogen (secondary N) is 1. The van der Waals surface area contributed by atoms with Crippen LogP contribution in [0.25, 0.3) is 0 Å². The van der Waals surface area contributed by atoms with Crippen LogP contribution in [0.4, 0.5) is 4.79 Å². The van der Waals surface area contributed by atoms with Crippen molar-refractivity contribution in [1.82, 2.24) is 10.2 Å². The maximum atomic E-state index is 12.8. The number of alkyl carbamates (subject to hydrolysis) is 1. The molecule has 2 rings (SSSR count). The minimum absolute atomic E-state index is 0.0432. The van der Waals surface area contributed by atoms with E-state index in [9.17, 15) is 14.4 Å². The van der Waals surface area contributed by atoms with E-state index in [4.69, 9.17) is 9.47 Å². The van der Waals surface area contributed by atoms with Gasteiger partial charge in [0.25, 0.3) is 0 Å². The van der Waals surface area contributed by atoms with Crippen LogP contribution in [0.2, 0.25) is 0 Å². The lowest BCUT2D eigenvalue weighted by Crippen LogP contribution is -2.58. The average molecular weight is 354 g/mol. The molecule has 7 heteroatoms. The van der Waals surface area contributed by atoms with Crippen LogP contribution in [0.1, 0.15) is 67.2 Å². The first kappa shape index (κ1) is 19.5. The monoisotopic (exact) mass is 354 g/mol. The molecule has 0 aliphatic carbocycles. The van der Waals surface area contributed by atoms with Gasteiger partial charge in [-0.1, -0.05) is 0 Å². The molecule has 0 bridgehead atoms. The van der Waals surface area contributed by atoms with E-state index >= 15 is 0 Å². The van der Waals surface area contributed by atoms with Gasteiger partial charge in [-0.15, -0.1) is 0 Å². The summed E-state index contributed by atoms with van der Waals surface area (Å²) in [5, 5.41) is 2.64. The molecule has 2 amide bonds. The molecular weight excluding hydrogens is 324 g/mol. The Morgan fingerprint density at radius 1 is 0.960 bits per heavy atom. The molecule has 1 N–H and O–H groups in total. The number of carbonyl (C=O) groups is 3. The number of esters is 1. The molecule has 142 valence electrons. The van der Waals surface area contributed by atoms with Gasteiger partial charge < -0.3 is 19.7 Å². The van der Waals surface area contributed by atoms with Crippen LogP contribution in [0, 0.1) is 0 Å². The van der Waals surface area contributed by atoms with Crippen LogP contribution in [0.15, 0.2) is 0 Å². The lowest BCUT2D eigenvalue weighted by molar-refractivity contribution is -0.165. The Balaban J connectivity index is 2.04. The largest absolute Gasteiger partial charge is 0.458 e. The van der Waals surface area contributed by atoms with E-state index in [1.807, 2.05) is 20.8 Å². The average Bonchev–Trinajstić information content (AvgIpc) is 2.82. The topological polar surface area (TPSA) is 84.9 Å². The Kier molecular flexibility index (Phi) is 5.35. The molecule has 0 unspecified atom stereocenters. The number of rotatable bonds is 2. The summed E-state index contributed by atoms with van der Waals surface area (Å²) in [6.07, 6.45) is 2.09. The molecule has 2 aliphatic heterocycles. The van der Waals surface area contributed by atoms with Crippen LogP contribution in [0.3, 0.4) is 0 Å². The lowest BCUT2D eigenvalue weighted by Gasteiger charge is -2.38. The van der Waals surface area contributed by atoms with Crippen molar-refractivity contribution in [2.24, 2.45) is 0 Å². The van der Waals surface area contributed by atoms with Crippen molar-refractivity contribution in [3.8, 4) is 0 Å². The van der Waals surface area contributed by atoms with Crippen LogP contribution in [0.5, 0.6) is 0 Å². The second-order valence-corrected chi connectivity index (χ2v) is 8.80. The molecule has 2 saturated heterocycles. The predicted molar refractivity (Wildman–Crippen MR) is 91.9 cm³/mol. The Morgan fingerprint density at radius 2 is 1.52 bits per heavy atom. The van der Waals surface area contributed by atoms with E-state index in [0.29, 0.717) is 12.8 Å². The fourth-order valence-corrected chi connectivity index (χ4v) is 3.35. The summed E-state index contributed by atoms with van der Waals surface area (Å²) in [4.78, 5) is 38.9. The van der Waals surface area contributed by atoms with Gasteiger partial charge in [-0.25, -0.2) is 9.59 Å². The molecule has 0 aromatic carbocycles. The van der Waals surface area contributed by atoms with Gasteiger partial charge in [0.15, 0.2) is 0 Å². The summed E-state index contributed by atoms with van der Waals surface area (Å²) < 4.78 is 10.7. The van der Waals surface area contributed by atoms with Gasteiger partial charge in [-0.3, -0.25) is 4.79 Å². The molecule has 0 radical (unpaired) electrons. The number of fused-ring (bicyclic) bond motifs is 1. The third-order valence-electron chi connectivity index (χ3n) is 4.21. The number of ether oxygens (including phenoxy) is 2. The molecule has 2 fully saturated rings. The Morgan fingerprint density at radius 3 is 2.08 bits per heavy atom. The molecule has 0 aromatic heterocycles.